The molecule has 0 radical (unpaired) electrons. The van der Waals surface area contributed by atoms with E-state index in [1.165, 1.54) is 12.8 Å². The Labute approximate surface area is 107 Å². The van der Waals surface area contributed by atoms with Crippen LogP contribution in [0.5, 0.6) is 5.75 Å². The van der Waals surface area contributed by atoms with E-state index in [1.807, 2.05) is 0 Å². The van der Waals surface area contributed by atoms with Gasteiger partial charge in [-0.1, -0.05) is 18.5 Å². The van der Waals surface area contributed by atoms with Gasteiger partial charge in [-0.2, -0.15) is 0 Å². The summed E-state index contributed by atoms with van der Waals surface area (Å²) in [6.45, 7) is 4.85. The first-order chi connectivity index (χ1) is 8.09. The molecule has 0 aliphatic heterocycles. The van der Waals surface area contributed by atoms with Crippen molar-refractivity contribution in [2.75, 3.05) is 25.4 Å². The molecule has 1 aromatic carbocycles. The van der Waals surface area contributed by atoms with Crippen LogP contribution in [0.1, 0.15) is 19.8 Å². The lowest BCUT2D eigenvalue weighted by molar-refractivity contribution is 0.308. The Balaban J connectivity index is 1.67. The Bertz CT molecular complexity index is 391. The van der Waals surface area contributed by atoms with Gasteiger partial charge in [-0.25, -0.2) is 0 Å². The molecule has 4 heteroatoms. The van der Waals surface area contributed by atoms with Crippen molar-refractivity contribution in [1.82, 2.24) is 5.32 Å². The van der Waals surface area contributed by atoms with Gasteiger partial charge in [-0.05, 0) is 36.5 Å². The van der Waals surface area contributed by atoms with E-state index in [0.717, 1.165) is 13.1 Å². The predicted octanol–water partition coefficient (Wildman–Crippen LogP) is 2.69. The molecule has 0 bridgehead atoms. The van der Waals surface area contributed by atoms with Crippen LogP contribution in [0.25, 0.3) is 0 Å². The maximum Gasteiger partial charge on any atom is 0.138 e. The van der Waals surface area contributed by atoms with E-state index in [4.69, 9.17) is 22.1 Å². The Morgan fingerprint density at radius 2 is 2.24 bits per heavy atom. The topological polar surface area (TPSA) is 47.3 Å². The van der Waals surface area contributed by atoms with Gasteiger partial charge in [0.15, 0.2) is 0 Å². The van der Waals surface area contributed by atoms with Crippen molar-refractivity contribution >= 4 is 17.3 Å². The quantitative estimate of drug-likeness (QED) is 0.606. The number of ether oxygens (including phenoxy) is 1. The second-order valence-electron chi connectivity index (χ2n) is 5.03. The summed E-state index contributed by atoms with van der Waals surface area (Å²) in [7, 11) is 0. The zero-order valence-corrected chi connectivity index (χ0v) is 10.9. The first kappa shape index (κ1) is 12.5. The fourth-order valence-corrected chi connectivity index (χ4v) is 1.89. The summed E-state index contributed by atoms with van der Waals surface area (Å²) >= 11 is 6.00. The van der Waals surface area contributed by atoms with Gasteiger partial charge in [0.05, 0.1) is 5.02 Å². The number of anilines is 1. The van der Waals surface area contributed by atoms with Gasteiger partial charge in [0.1, 0.15) is 12.4 Å². The van der Waals surface area contributed by atoms with Gasteiger partial charge in [0.2, 0.25) is 0 Å². The maximum absolute atomic E-state index is 6.00. The van der Waals surface area contributed by atoms with E-state index >= 15 is 0 Å². The van der Waals surface area contributed by atoms with Crippen molar-refractivity contribution in [2.24, 2.45) is 5.41 Å². The van der Waals surface area contributed by atoms with E-state index in [-0.39, 0.29) is 0 Å². The molecule has 0 atom stereocenters. The molecule has 1 aliphatic carbocycles. The zero-order chi connectivity index (χ0) is 12.3. The normalized spacial score (nSPS) is 16.8. The highest BCUT2D eigenvalue weighted by Crippen LogP contribution is 2.43. The molecule has 2 rings (SSSR count). The lowest BCUT2D eigenvalue weighted by atomic mass is 10.1. The lowest BCUT2D eigenvalue weighted by Gasteiger charge is -2.11. The van der Waals surface area contributed by atoms with Crippen molar-refractivity contribution < 1.29 is 4.74 Å². The first-order valence-corrected chi connectivity index (χ1v) is 6.35. The summed E-state index contributed by atoms with van der Waals surface area (Å²) in [6.07, 6.45) is 2.68. The molecule has 17 heavy (non-hydrogen) atoms. The zero-order valence-electron chi connectivity index (χ0n) is 10.1. The molecular formula is C13H19ClN2O. The number of hydrogen-bond acceptors (Lipinski definition) is 3. The molecule has 0 aromatic heterocycles. The summed E-state index contributed by atoms with van der Waals surface area (Å²) in [5.41, 5.74) is 6.80. The van der Waals surface area contributed by atoms with Crippen LogP contribution in [0.15, 0.2) is 18.2 Å². The Morgan fingerprint density at radius 3 is 2.88 bits per heavy atom. The molecule has 0 heterocycles. The van der Waals surface area contributed by atoms with Crippen LogP contribution >= 0.6 is 11.6 Å². The number of rotatable bonds is 6. The smallest absolute Gasteiger partial charge is 0.138 e. The van der Waals surface area contributed by atoms with Crippen LogP contribution in [-0.4, -0.2) is 19.7 Å². The molecule has 0 unspecified atom stereocenters. The standard InChI is InChI=1S/C13H19ClN2O/c1-13(4-5-13)9-16-6-7-17-12-3-2-10(15)8-11(12)14/h2-3,8,16H,4-7,9,15H2,1H3. The number of hydrogen-bond donors (Lipinski definition) is 2. The van der Waals surface area contributed by atoms with Crippen molar-refractivity contribution in [2.45, 2.75) is 19.8 Å². The highest BCUT2D eigenvalue weighted by molar-refractivity contribution is 6.32. The second-order valence-corrected chi connectivity index (χ2v) is 5.43. The van der Waals surface area contributed by atoms with Crippen molar-refractivity contribution in [1.29, 1.82) is 0 Å². The highest BCUT2D eigenvalue weighted by Gasteiger charge is 2.36. The Hall–Kier alpha value is -0.930. The van der Waals surface area contributed by atoms with Crippen molar-refractivity contribution in [3.05, 3.63) is 23.2 Å². The number of nitrogen functional groups attached to an aromatic ring is 1. The molecule has 0 spiro atoms. The summed E-state index contributed by atoms with van der Waals surface area (Å²) in [5, 5.41) is 3.96. The summed E-state index contributed by atoms with van der Waals surface area (Å²) < 4.78 is 5.58. The van der Waals surface area contributed by atoms with Gasteiger partial charge in [-0.15, -0.1) is 0 Å². The molecule has 1 aromatic rings. The van der Waals surface area contributed by atoms with Gasteiger partial charge in [0, 0.05) is 18.8 Å². The molecule has 3 N–H and O–H groups in total. The van der Waals surface area contributed by atoms with Crippen molar-refractivity contribution in [3.8, 4) is 5.75 Å². The lowest BCUT2D eigenvalue weighted by Crippen LogP contribution is -2.26. The second kappa shape index (κ2) is 5.15. The third kappa shape index (κ3) is 3.79. The average molecular weight is 255 g/mol. The largest absolute Gasteiger partial charge is 0.491 e. The number of halogens is 1. The minimum atomic E-state index is 0.541. The number of benzene rings is 1. The highest BCUT2D eigenvalue weighted by atomic mass is 35.5. The molecule has 0 saturated heterocycles. The Morgan fingerprint density at radius 1 is 1.47 bits per heavy atom. The molecule has 0 amide bonds. The maximum atomic E-state index is 6.00. The van der Waals surface area contributed by atoms with E-state index < -0.39 is 0 Å². The summed E-state index contributed by atoms with van der Waals surface area (Å²) in [6, 6.07) is 5.30. The van der Waals surface area contributed by atoms with Crippen LogP contribution in [0.2, 0.25) is 5.02 Å². The van der Waals surface area contributed by atoms with E-state index in [9.17, 15) is 0 Å². The van der Waals surface area contributed by atoms with Crippen LogP contribution in [-0.2, 0) is 0 Å². The third-order valence-corrected chi connectivity index (χ3v) is 3.44. The van der Waals surface area contributed by atoms with Gasteiger partial charge >= 0.3 is 0 Å². The molecule has 1 aliphatic rings. The van der Waals surface area contributed by atoms with E-state index in [2.05, 4.69) is 12.2 Å². The van der Waals surface area contributed by atoms with Crippen LogP contribution in [0, 0.1) is 5.41 Å². The van der Waals surface area contributed by atoms with Gasteiger partial charge in [0.25, 0.3) is 0 Å². The van der Waals surface area contributed by atoms with Crippen LogP contribution < -0.4 is 15.8 Å². The predicted molar refractivity (Wildman–Crippen MR) is 71.6 cm³/mol. The summed E-state index contributed by atoms with van der Waals surface area (Å²) in [4.78, 5) is 0. The molecule has 1 saturated carbocycles. The van der Waals surface area contributed by atoms with Crippen molar-refractivity contribution in [3.63, 3.8) is 0 Å². The Kier molecular flexibility index (Phi) is 3.79. The molecular weight excluding hydrogens is 236 g/mol. The van der Waals surface area contributed by atoms with E-state index in [0.29, 0.717) is 28.5 Å². The molecule has 94 valence electrons. The van der Waals surface area contributed by atoms with Gasteiger partial charge in [-0.3, -0.25) is 0 Å². The molecule has 1 fully saturated rings. The first-order valence-electron chi connectivity index (χ1n) is 5.98. The average Bonchev–Trinajstić information content (AvgIpc) is 2.99. The minimum absolute atomic E-state index is 0.541. The van der Waals surface area contributed by atoms with Crippen LogP contribution in [0.4, 0.5) is 5.69 Å². The fourth-order valence-electron chi connectivity index (χ4n) is 1.65. The fraction of sp³-hybridized carbons (Fsp3) is 0.538. The number of nitrogens with two attached hydrogens (primary N) is 1. The summed E-state index contributed by atoms with van der Waals surface area (Å²) in [5.74, 6) is 0.695. The molecule has 3 nitrogen and oxygen atoms in total. The minimum Gasteiger partial charge on any atom is -0.491 e. The van der Waals surface area contributed by atoms with E-state index in [1.54, 1.807) is 18.2 Å². The number of nitrogens with one attached hydrogen (secondary N) is 1. The SMILES string of the molecule is CC1(CNCCOc2ccc(N)cc2Cl)CC1. The van der Waals surface area contributed by atoms with Gasteiger partial charge < -0.3 is 15.8 Å². The third-order valence-electron chi connectivity index (χ3n) is 3.15. The van der Waals surface area contributed by atoms with Crippen LogP contribution in [0.3, 0.4) is 0 Å². The monoisotopic (exact) mass is 254 g/mol.